The van der Waals surface area contributed by atoms with Crippen LogP contribution in [-0.4, -0.2) is 13.2 Å². The van der Waals surface area contributed by atoms with Crippen LogP contribution >= 0.6 is 0 Å². The second kappa shape index (κ2) is 21.3. The predicted octanol–water partition coefficient (Wildman–Crippen LogP) is -5.89. The van der Waals surface area contributed by atoms with Crippen molar-refractivity contribution in [3.8, 4) is 23.0 Å². The van der Waals surface area contributed by atoms with Crippen LogP contribution in [0.2, 0.25) is 0 Å². The summed E-state index contributed by atoms with van der Waals surface area (Å²) in [6.45, 7) is 5.37. The summed E-state index contributed by atoms with van der Waals surface area (Å²) >= 11 is 0. The van der Waals surface area contributed by atoms with Gasteiger partial charge in [-0.25, -0.2) is 0 Å². The molecule has 2 aromatic rings. The second-order valence-corrected chi connectivity index (χ2v) is 4.62. The van der Waals surface area contributed by atoms with E-state index in [0.717, 1.165) is 18.6 Å². The van der Waals surface area contributed by atoms with Crippen molar-refractivity contribution in [2.24, 2.45) is 0 Å². The number of para-hydroxylation sites is 2. The smallest absolute Gasteiger partial charge is 0.872 e. The first-order valence-corrected chi connectivity index (χ1v) is 7.46. The topological polar surface area (TPSA) is 64.6 Å². The maximum Gasteiger partial charge on any atom is 1.00 e. The maximum atomic E-state index is 11.0. The Morgan fingerprint density at radius 3 is 1.76 bits per heavy atom. The van der Waals surface area contributed by atoms with Gasteiger partial charge in [0.25, 0.3) is 0 Å². The standard InChI is InChI=1S/2C9H12O2.3K/c1-2-7-11-9-5-3-8(10)4-6-9;1-2-7-11-9-6-4-3-5-8(9)10;;;/h2*3-6,10H,2,7H2,1H3;;;/q;;3*+1/p-2. The molecule has 0 aliphatic heterocycles. The van der Waals surface area contributed by atoms with E-state index in [9.17, 15) is 10.2 Å². The molecule has 0 saturated heterocycles. The fourth-order valence-corrected chi connectivity index (χ4v) is 1.54. The van der Waals surface area contributed by atoms with Crippen LogP contribution < -0.4 is 174 Å². The predicted molar refractivity (Wildman–Crippen MR) is 83.3 cm³/mol. The van der Waals surface area contributed by atoms with E-state index in [2.05, 4.69) is 0 Å². The first kappa shape index (κ1) is 32.2. The fraction of sp³-hybridized carbons (Fsp3) is 0.333. The third-order valence-electron chi connectivity index (χ3n) is 2.61. The monoisotopic (exact) mass is 419 g/mol. The van der Waals surface area contributed by atoms with Crippen molar-refractivity contribution < 1.29 is 174 Å². The van der Waals surface area contributed by atoms with Crippen LogP contribution in [0.4, 0.5) is 0 Å². The molecule has 0 saturated carbocycles. The van der Waals surface area contributed by atoms with Gasteiger partial charge in [-0.2, -0.15) is 0 Å². The summed E-state index contributed by atoms with van der Waals surface area (Å²) in [5, 5.41) is 21.6. The first-order chi connectivity index (χ1) is 10.7. The van der Waals surface area contributed by atoms with Gasteiger partial charge < -0.3 is 19.7 Å². The molecule has 25 heavy (non-hydrogen) atoms. The molecule has 0 N–H and O–H groups in total. The summed E-state index contributed by atoms with van der Waals surface area (Å²) in [6, 6.07) is 13.1. The Morgan fingerprint density at radius 2 is 1.24 bits per heavy atom. The van der Waals surface area contributed by atoms with Crippen molar-refractivity contribution in [1.29, 1.82) is 0 Å². The summed E-state index contributed by atoms with van der Waals surface area (Å²) in [7, 11) is 0. The van der Waals surface area contributed by atoms with Gasteiger partial charge in [-0.3, -0.25) is 0 Å². The molecule has 0 fully saturated rings. The van der Waals surface area contributed by atoms with E-state index in [-0.39, 0.29) is 166 Å². The molecule has 0 heterocycles. The van der Waals surface area contributed by atoms with Gasteiger partial charge in [0.1, 0.15) is 11.5 Å². The molecule has 0 spiro atoms. The van der Waals surface area contributed by atoms with Crippen molar-refractivity contribution >= 4 is 0 Å². The molecule has 0 unspecified atom stereocenters. The molecule has 4 nitrogen and oxygen atoms in total. The third-order valence-corrected chi connectivity index (χ3v) is 2.61. The molecular formula is C18H22K3O4+. The summed E-state index contributed by atoms with van der Waals surface area (Å²) in [5.41, 5.74) is 0. The molecule has 7 heteroatoms. The van der Waals surface area contributed by atoms with Crippen LogP contribution in [0.3, 0.4) is 0 Å². The van der Waals surface area contributed by atoms with Crippen molar-refractivity contribution in [2.45, 2.75) is 26.7 Å². The molecule has 120 valence electrons. The maximum absolute atomic E-state index is 11.0. The van der Waals surface area contributed by atoms with E-state index in [1.807, 2.05) is 13.8 Å². The van der Waals surface area contributed by atoms with Gasteiger partial charge >= 0.3 is 154 Å². The Morgan fingerprint density at radius 1 is 0.720 bits per heavy atom. The minimum Gasteiger partial charge on any atom is -0.872 e. The quantitative estimate of drug-likeness (QED) is 0.438. The fourth-order valence-electron chi connectivity index (χ4n) is 1.54. The zero-order valence-corrected chi connectivity index (χ0v) is 25.4. The van der Waals surface area contributed by atoms with Crippen molar-refractivity contribution in [3.63, 3.8) is 0 Å². The molecule has 0 amide bonds. The van der Waals surface area contributed by atoms with Gasteiger partial charge in [0.05, 0.1) is 13.2 Å². The van der Waals surface area contributed by atoms with E-state index < -0.39 is 0 Å². The van der Waals surface area contributed by atoms with Crippen molar-refractivity contribution in [3.05, 3.63) is 48.5 Å². The number of hydrogen-bond donors (Lipinski definition) is 0. The number of rotatable bonds is 6. The van der Waals surface area contributed by atoms with Gasteiger partial charge in [-0.05, 0) is 31.0 Å². The summed E-state index contributed by atoms with van der Waals surface area (Å²) in [6.07, 6.45) is 1.91. The second-order valence-electron chi connectivity index (χ2n) is 4.62. The van der Waals surface area contributed by atoms with Crippen molar-refractivity contribution in [2.75, 3.05) is 13.2 Å². The average molecular weight is 420 g/mol. The van der Waals surface area contributed by atoms with Gasteiger partial charge in [-0.15, -0.1) is 5.75 Å². The Hall–Kier alpha value is 2.55. The van der Waals surface area contributed by atoms with Crippen LogP contribution in [0, 0.1) is 0 Å². The molecule has 0 aromatic heterocycles. The molecule has 0 bridgehead atoms. The van der Waals surface area contributed by atoms with Crippen LogP contribution in [0.25, 0.3) is 0 Å². The van der Waals surface area contributed by atoms with Crippen LogP contribution in [0.15, 0.2) is 48.5 Å². The Kier molecular flexibility index (Phi) is 27.4. The third kappa shape index (κ3) is 16.1. The Bertz CT molecular complexity index is 536. The normalized spacial score (nSPS) is 8.40. The molecular weight excluding hydrogens is 397 g/mol. The summed E-state index contributed by atoms with van der Waals surface area (Å²) in [5.74, 6) is 1.20. The SMILES string of the molecule is CCCOc1ccc([O-])cc1.CCCOc1ccccc1[O-].[K+].[K+].[K+]. The van der Waals surface area contributed by atoms with Crippen molar-refractivity contribution in [1.82, 2.24) is 0 Å². The molecule has 0 radical (unpaired) electrons. The molecule has 0 aliphatic rings. The van der Waals surface area contributed by atoms with Gasteiger partial charge in [0.2, 0.25) is 0 Å². The average Bonchev–Trinajstić information content (AvgIpc) is 2.54. The molecule has 2 rings (SSSR count). The van der Waals surface area contributed by atoms with Gasteiger partial charge in [0, 0.05) is 0 Å². The Balaban J connectivity index is -0.000000346. The van der Waals surface area contributed by atoms with Gasteiger partial charge in [-0.1, -0.05) is 49.9 Å². The molecule has 2 aromatic carbocycles. The minimum absolute atomic E-state index is 0. The van der Waals surface area contributed by atoms with Crippen LogP contribution in [0.5, 0.6) is 23.0 Å². The zero-order chi connectivity index (χ0) is 16.2. The van der Waals surface area contributed by atoms with E-state index in [4.69, 9.17) is 9.47 Å². The van der Waals surface area contributed by atoms with E-state index in [0.29, 0.717) is 19.0 Å². The zero-order valence-electron chi connectivity index (χ0n) is 16.1. The van der Waals surface area contributed by atoms with E-state index in [1.54, 1.807) is 30.3 Å². The Labute approximate surface area is 278 Å². The number of benzene rings is 2. The van der Waals surface area contributed by atoms with E-state index >= 15 is 0 Å². The summed E-state index contributed by atoms with van der Waals surface area (Å²) in [4.78, 5) is 0. The summed E-state index contributed by atoms with van der Waals surface area (Å²) < 4.78 is 10.4. The van der Waals surface area contributed by atoms with Gasteiger partial charge in [0.15, 0.2) is 0 Å². The molecule has 0 atom stereocenters. The number of hydrogen-bond acceptors (Lipinski definition) is 4. The van der Waals surface area contributed by atoms with Crippen LogP contribution in [0.1, 0.15) is 26.7 Å². The first-order valence-electron chi connectivity index (χ1n) is 7.46. The largest absolute Gasteiger partial charge is 1.00 e. The number of ether oxygens (including phenoxy) is 2. The van der Waals surface area contributed by atoms with E-state index in [1.165, 1.54) is 18.2 Å². The molecule has 0 aliphatic carbocycles. The minimum atomic E-state index is -0.0408. The van der Waals surface area contributed by atoms with Crippen LogP contribution in [-0.2, 0) is 0 Å².